The highest BCUT2D eigenvalue weighted by atomic mass is 35.5. The Morgan fingerprint density at radius 2 is 2.19 bits per heavy atom. The molecule has 16 heavy (non-hydrogen) atoms. The Morgan fingerprint density at radius 3 is 2.75 bits per heavy atom. The van der Waals surface area contributed by atoms with Crippen LogP contribution in [-0.2, 0) is 4.79 Å². The van der Waals surface area contributed by atoms with Crippen LogP contribution in [0.25, 0.3) is 0 Å². The second kappa shape index (κ2) is 5.20. The van der Waals surface area contributed by atoms with Crippen molar-refractivity contribution < 1.29 is 24.5 Å². The van der Waals surface area contributed by atoms with Crippen molar-refractivity contribution in [2.75, 3.05) is 0 Å². The number of hydrogen-bond donors (Lipinski definition) is 3. The molecule has 0 aliphatic heterocycles. The lowest BCUT2D eigenvalue weighted by Crippen LogP contribution is -2.22. The van der Waals surface area contributed by atoms with Crippen LogP contribution in [0, 0.1) is 5.95 Å². The molecule has 2 unspecified atom stereocenters. The summed E-state index contributed by atoms with van der Waals surface area (Å²) in [7, 11) is 0. The normalized spacial score (nSPS) is 14.5. The van der Waals surface area contributed by atoms with Gasteiger partial charge >= 0.3 is 5.97 Å². The lowest BCUT2D eigenvalue weighted by Gasteiger charge is -2.16. The molecule has 1 aromatic rings. The molecule has 0 aliphatic carbocycles. The minimum Gasteiger partial charge on any atom is -0.481 e. The van der Waals surface area contributed by atoms with Crippen LogP contribution in [0.1, 0.15) is 18.1 Å². The lowest BCUT2D eigenvalue weighted by molar-refractivity contribution is -0.141. The van der Waals surface area contributed by atoms with E-state index in [1.807, 2.05) is 0 Å². The first-order valence-corrected chi connectivity index (χ1v) is 4.68. The molecule has 1 rings (SSSR count). The highest BCUT2D eigenvalue weighted by Gasteiger charge is 2.24. The first-order chi connectivity index (χ1) is 7.41. The number of nitrogens with zero attached hydrogens (tertiary/aromatic N) is 1. The molecule has 0 amide bonds. The van der Waals surface area contributed by atoms with Crippen LogP contribution >= 0.6 is 11.6 Å². The van der Waals surface area contributed by atoms with E-state index in [4.69, 9.17) is 16.7 Å². The summed E-state index contributed by atoms with van der Waals surface area (Å²) in [4.78, 5) is 13.5. The Hall–Kier alpha value is -1.24. The van der Waals surface area contributed by atoms with Crippen molar-refractivity contribution in [1.29, 1.82) is 0 Å². The van der Waals surface area contributed by atoms with Crippen molar-refractivity contribution in [3.8, 4) is 0 Å². The van der Waals surface area contributed by atoms with E-state index in [0.29, 0.717) is 0 Å². The average Bonchev–Trinajstić information content (AvgIpc) is 2.19. The van der Waals surface area contributed by atoms with Crippen molar-refractivity contribution in [1.82, 2.24) is 4.98 Å². The number of halogens is 2. The second-order valence-corrected chi connectivity index (χ2v) is 3.58. The van der Waals surface area contributed by atoms with Gasteiger partial charge in [0.2, 0.25) is 5.95 Å². The summed E-state index contributed by atoms with van der Waals surface area (Å²) in [5.74, 6) is -2.30. The first kappa shape index (κ1) is 12.8. The van der Waals surface area contributed by atoms with Crippen LogP contribution in [0.3, 0.4) is 0 Å². The Kier molecular flexibility index (Phi) is 4.17. The number of aliphatic hydroxyl groups excluding tert-OH is 2. The molecular weight excluding hydrogens is 241 g/mol. The minimum absolute atomic E-state index is 0.0815. The largest absolute Gasteiger partial charge is 0.481 e. The van der Waals surface area contributed by atoms with Gasteiger partial charge in [0.05, 0.1) is 17.5 Å². The second-order valence-electron chi connectivity index (χ2n) is 3.14. The van der Waals surface area contributed by atoms with Gasteiger partial charge in [0.1, 0.15) is 6.10 Å². The quantitative estimate of drug-likeness (QED) is 0.685. The van der Waals surface area contributed by atoms with Crippen molar-refractivity contribution in [3.05, 3.63) is 28.8 Å². The third-order valence-corrected chi connectivity index (χ3v) is 2.11. The molecule has 0 saturated carbocycles. The fourth-order valence-corrected chi connectivity index (χ4v) is 1.31. The maximum atomic E-state index is 13.1. The highest BCUT2D eigenvalue weighted by Crippen LogP contribution is 2.23. The van der Waals surface area contributed by atoms with Gasteiger partial charge in [-0.1, -0.05) is 11.6 Å². The molecule has 1 heterocycles. The molecule has 3 N–H and O–H groups in total. The number of carboxylic acids is 1. The van der Waals surface area contributed by atoms with Gasteiger partial charge in [0, 0.05) is 11.8 Å². The molecule has 0 bridgehead atoms. The molecule has 0 radical (unpaired) electrons. The number of aliphatic hydroxyl groups is 2. The number of pyridine rings is 1. The molecule has 88 valence electrons. The van der Waals surface area contributed by atoms with Crippen molar-refractivity contribution in [3.63, 3.8) is 0 Å². The average molecular weight is 250 g/mol. The van der Waals surface area contributed by atoms with Crippen LogP contribution in [0.15, 0.2) is 12.3 Å². The number of aromatic nitrogens is 1. The van der Waals surface area contributed by atoms with E-state index in [2.05, 4.69) is 4.98 Å². The molecule has 0 spiro atoms. The summed E-state index contributed by atoms with van der Waals surface area (Å²) in [5, 5.41) is 27.3. The number of carbonyl (C=O) groups is 1. The smallest absolute Gasteiger partial charge is 0.306 e. The fraction of sp³-hybridized carbons (Fsp3) is 0.333. The van der Waals surface area contributed by atoms with E-state index >= 15 is 0 Å². The van der Waals surface area contributed by atoms with Crippen molar-refractivity contribution in [2.45, 2.75) is 18.6 Å². The lowest BCUT2D eigenvalue weighted by atomic mass is 10.0. The fourth-order valence-electron chi connectivity index (χ4n) is 1.14. The van der Waals surface area contributed by atoms with Gasteiger partial charge in [0.25, 0.3) is 0 Å². The van der Waals surface area contributed by atoms with Gasteiger partial charge in [-0.2, -0.15) is 4.39 Å². The molecule has 0 saturated heterocycles. The Balaban J connectivity index is 2.90. The molecule has 2 atom stereocenters. The van der Waals surface area contributed by atoms with Crippen molar-refractivity contribution >= 4 is 17.6 Å². The van der Waals surface area contributed by atoms with Gasteiger partial charge in [-0.05, 0) is 6.07 Å². The van der Waals surface area contributed by atoms with Crippen LogP contribution in [-0.4, -0.2) is 32.4 Å². The number of hydrogen-bond acceptors (Lipinski definition) is 4. The monoisotopic (exact) mass is 249 g/mol. The van der Waals surface area contributed by atoms with Crippen LogP contribution in [0.2, 0.25) is 5.02 Å². The summed E-state index contributed by atoms with van der Waals surface area (Å²) in [6.45, 7) is 0. The maximum absolute atomic E-state index is 13.1. The first-order valence-electron chi connectivity index (χ1n) is 4.30. The van der Waals surface area contributed by atoms with Gasteiger partial charge in [0.15, 0.2) is 0 Å². The van der Waals surface area contributed by atoms with E-state index in [1.165, 1.54) is 0 Å². The number of carboxylic acid groups (broad SMARTS) is 1. The molecule has 5 nitrogen and oxygen atoms in total. The van der Waals surface area contributed by atoms with Gasteiger partial charge in [-0.25, -0.2) is 4.98 Å². The predicted octanol–water partition coefficient (Wildman–Crippen LogP) is 0.743. The van der Waals surface area contributed by atoms with E-state index in [1.54, 1.807) is 0 Å². The van der Waals surface area contributed by atoms with Gasteiger partial charge in [-0.3, -0.25) is 4.79 Å². The molecule has 0 aromatic carbocycles. The minimum atomic E-state index is -1.68. The van der Waals surface area contributed by atoms with E-state index in [0.717, 1.165) is 12.3 Å². The SMILES string of the molecule is O=C(O)CC(O)C(O)c1cc(Cl)cnc1F. The zero-order valence-electron chi connectivity index (χ0n) is 7.97. The topological polar surface area (TPSA) is 90.7 Å². The Labute approximate surface area is 95.1 Å². The summed E-state index contributed by atoms with van der Waals surface area (Å²) < 4.78 is 13.1. The third kappa shape index (κ3) is 3.13. The summed E-state index contributed by atoms with van der Waals surface area (Å²) in [5.41, 5.74) is -0.332. The molecule has 1 aromatic heterocycles. The zero-order chi connectivity index (χ0) is 12.3. The molecular formula is C9H9ClFNO4. The van der Waals surface area contributed by atoms with Crippen LogP contribution < -0.4 is 0 Å². The van der Waals surface area contributed by atoms with Crippen molar-refractivity contribution in [2.24, 2.45) is 0 Å². The van der Waals surface area contributed by atoms with E-state index < -0.39 is 30.5 Å². The summed E-state index contributed by atoms with van der Waals surface area (Å²) >= 11 is 5.53. The van der Waals surface area contributed by atoms with E-state index in [9.17, 15) is 19.4 Å². The van der Waals surface area contributed by atoms with E-state index in [-0.39, 0.29) is 10.6 Å². The van der Waals surface area contributed by atoms with Gasteiger partial charge < -0.3 is 15.3 Å². The Bertz CT molecular complexity index is 401. The molecule has 0 aliphatic rings. The summed E-state index contributed by atoms with van der Waals surface area (Å²) in [6, 6.07) is 1.08. The summed E-state index contributed by atoms with van der Waals surface area (Å²) in [6.07, 6.45) is -2.96. The third-order valence-electron chi connectivity index (χ3n) is 1.90. The number of rotatable bonds is 4. The Morgan fingerprint density at radius 1 is 1.56 bits per heavy atom. The zero-order valence-corrected chi connectivity index (χ0v) is 8.73. The molecule has 7 heteroatoms. The molecule has 0 fully saturated rings. The van der Waals surface area contributed by atoms with Crippen LogP contribution in [0.5, 0.6) is 0 Å². The van der Waals surface area contributed by atoms with Gasteiger partial charge in [-0.15, -0.1) is 0 Å². The maximum Gasteiger partial charge on any atom is 0.306 e. The van der Waals surface area contributed by atoms with Crippen LogP contribution in [0.4, 0.5) is 4.39 Å². The predicted molar refractivity (Wildman–Crippen MR) is 52.4 cm³/mol. The standard InChI is InChI=1S/C9H9ClFNO4/c10-4-1-5(9(11)12-3-4)8(16)6(13)2-7(14)15/h1,3,6,8,13,16H,2H2,(H,14,15). The number of aliphatic carboxylic acids is 1. The highest BCUT2D eigenvalue weighted by molar-refractivity contribution is 6.30.